The second kappa shape index (κ2) is 8.51. The summed E-state index contributed by atoms with van der Waals surface area (Å²) in [6.45, 7) is 4.27. The fourth-order valence-electron chi connectivity index (χ4n) is 3.52. The molecule has 2 N–H and O–H groups in total. The predicted molar refractivity (Wildman–Crippen MR) is 97.0 cm³/mol. The molecule has 7 nitrogen and oxygen atoms in total. The van der Waals surface area contributed by atoms with Gasteiger partial charge in [0.05, 0.1) is 6.61 Å². The summed E-state index contributed by atoms with van der Waals surface area (Å²) in [4.78, 5) is 28.0. The minimum atomic E-state index is -0.190. The quantitative estimate of drug-likeness (QED) is 0.724. The van der Waals surface area contributed by atoms with Gasteiger partial charge in [-0.25, -0.2) is 0 Å². The molecule has 0 radical (unpaired) electrons. The number of methoxy groups -OCH3 is 1. The third-order valence-corrected chi connectivity index (χ3v) is 5.26. The molecule has 2 amide bonds. The SMILES string of the molecule is COCCOc1ccc(C(=O)N2CC(N3CCC(C(N)=O)CC3)C2)cc1. The van der Waals surface area contributed by atoms with Crippen molar-refractivity contribution in [3.05, 3.63) is 29.8 Å². The van der Waals surface area contributed by atoms with E-state index in [4.69, 9.17) is 15.2 Å². The highest BCUT2D eigenvalue weighted by molar-refractivity contribution is 5.95. The van der Waals surface area contributed by atoms with Crippen molar-refractivity contribution in [2.45, 2.75) is 18.9 Å². The van der Waals surface area contributed by atoms with Gasteiger partial charge in [-0.05, 0) is 50.2 Å². The zero-order valence-corrected chi connectivity index (χ0v) is 15.2. The fraction of sp³-hybridized carbons (Fsp3) is 0.579. The molecule has 0 bridgehead atoms. The zero-order chi connectivity index (χ0) is 18.5. The second-order valence-corrected chi connectivity index (χ2v) is 6.94. The molecule has 0 aliphatic carbocycles. The number of piperidine rings is 1. The molecule has 1 aromatic rings. The Kier molecular flexibility index (Phi) is 6.11. The Bertz CT molecular complexity index is 620. The minimum absolute atomic E-state index is 0.00804. The smallest absolute Gasteiger partial charge is 0.253 e. The predicted octanol–water partition coefficient (Wildman–Crippen LogP) is 0.734. The van der Waals surface area contributed by atoms with Crippen LogP contribution < -0.4 is 10.5 Å². The van der Waals surface area contributed by atoms with Crippen LogP contribution in [0, 0.1) is 5.92 Å². The lowest BCUT2D eigenvalue weighted by Gasteiger charge is -2.47. The average molecular weight is 361 g/mol. The molecule has 1 aromatic carbocycles. The normalized spacial score (nSPS) is 19.2. The molecule has 0 unspecified atom stereocenters. The number of nitrogens with two attached hydrogens (primary N) is 1. The number of amides is 2. The van der Waals surface area contributed by atoms with Crippen LogP contribution in [-0.4, -0.2) is 74.2 Å². The van der Waals surface area contributed by atoms with Crippen LogP contribution in [0.2, 0.25) is 0 Å². The number of carbonyl (C=O) groups excluding carboxylic acids is 2. The molecule has 2 aliphatic heterocycles. The number of rotatable bonds is 7. The standard InChI is InChI=1S/C19H27N3O4/c1-25-10-11-26-17-4-2-15(3-5-17)19(24)22-12-16(13-22)21-8-6-14(7-9-21)18(20)23/h2-5,14,16H,6-13H2,1H3,(H2,20,23). The first-order chi connectivity index (χ1) is 12.6. The highest BCUT2D eigenvalue weighted by Gasteiger charge is 2.37. The monoisotopic (exact) mass is 361 g/mol. The Labute approximate surface area is 154 Å². The number of likely N-dealkylation sites (tertiary alicyclic amines) is 2. The Morgan fingerprint density at radius 1 is 1.12 bits per heavy atom. The van der Waals surface area contributed by atoms with E-state index in [0.29, 0.717) is 24.8 Å². The lowest BCUT2D eigenvalue weighted by molar-refractivity contribution is -0.123. The number of nitrogens with zero attached hydrogens (tertiary/aromatic N) is 2. The van der Waals surface area contributed by atoms with E-state index >= 15 is 0 Å². The zero-order valence-electron chi connectivity index (χ0n) is 15.2. The fourth-order valence-corrected chi connectivity index (χ4v) is 3.52. The van der Waals surface area contributed by atoms with Gasteiger partial charge in [-0.15, -0.1) is 0 Å². The molecule has 26 heavy (non-hydrogen) atoms. The molecule has 0 aromatic heterocycles. The van der Waals surface area contributed by atoms with Crippen molar-refractivity contribution in [2.75, 3.05) is 46.5 Å². The summed E-state index contributed by atoms with van der Waals surface area (Å²) in [5.74, 6) is 0.604. The number of hydrogen-bond donors (Lipinski definition) is 1. The van der Waals surface area contributed by atoms with Crippen molar-refractivity contribution >= 4 is 11.8 Å². The lowest BCUT2D eigenvalue weighted by Crippen LogP contribution is -2.62. The van der Waals surface area contributed by atoms with Crippen LogP contribution in [0.5, 0.6) is 5.75 Å². The second-order valence-electron chi connectivity index (χ2n) is 6.94. The van der Waals surface area contributed by atoms with Crippen molar-refractivity contribution in [3.63, 3.8) is 0 Å². The first kappa shape index (κ1) is 18.7. The van der Waals surface area contributed by atoms with E-state index in [2.05, 4.69) is 4.90 Å². The van der Waals surface area contributed by atoms with Gasteiger partial charge in [0.15, 0.2) is 0 Å². The molecule has 2 saturated heterocycles. The summed E-state index contributed by atoms with van der Waals surface area (Å²) < 4.78 is 10.5. The van der Waals surface area contributed by atoms with Crippen molar-refractivity contribution in [3.8, 4) is 5.75 Å². The topological polar surface area (TPSA) is 85.1 Å². The molecule has 2 aliphatic rings. The number of hydrogen-bond acceptors (Lipinski definition) is 5. The third kappa shape index (κ3) is 4.34. The van der Waals surface area contributed by atoms with Gasteiger partial charge in [0.25, 0.3) is 5.91 Å². The van der Waals surface area contributed by atoms with Crippen molar-refractivity contribution in [1.82, 2.24) is 9.80 Å². The largest absolute Gasteiger partial charge is 0.491 e. The van der Waals surface area contributed by atoms with Gasteiger partial charge in [0.1, 0.15) is 12.4 Å². The molecule has 2 fully saturated rings. The average Bonchev–Trinajstić information content (AvgIpc) is 2.61. The van der Waals surface area contributed by atoms with Crippen LogP contribution in [0.1, 0.15) is 23.2 Å². The molecular weight excluding hydrogens is 334 g/mol. The van der Waals surface area contributed by atoms with Crippen LogP contribution in [0.25, 0.3) is 0 Å². The van der Waals surface area contributed by atoms with E-state index in [1.165, 1.54) is 0 Å². The number of benzene rings is 1. The van der Waals surface area contributed by atoms with E-state index in [-0.39, 0.29) is 17.7 Å². The molecule has 142 valence electrons. The van der Waals surface area contributed by atoms with E-state index in [1.807, 2.05) is 17.0 Å². The van der Waals surface area contributed by atoms with E-state index in [1.54, 1.807) is 19.2 Å². The van der Waals surface area contributed by atoms with E-state index in [9.17, 15) is 9.59 Å². The van der Waals surface area contributed by atoms with Crippen LogP contribution in [-0.2, 0) is 9.53 Å². The molecule has 0 saturated carbocycles. The molecular formula is C19H27N3O4. The Balaban J connectivity index is 1.44. The maximum Gasteiger partial charge on any atom is 0.253 e. The Morgan fingerprint density at radius 2 is 1.77 bits per heavy atom. The van der Waals surface area contributed by atoms with Crippen LogP contribution >= 0.6 is 0 Å². The summed E-state index contributed by atoms with van der Waals surface area (Å²) >= 11 is 0. The van der Waals surface area contributed by atoms with Crippen LogP contribution in [0.3, 0.4) is 0 Å². The number of primary amides is 1. The lowest BCUT2D eigenvalue weighted by atomic mass is 9.93. The summed E-state index contributed by atoms with van der Waals surface area (Å²) in [6, 6.07) is 7.62. The van der Waals surface area contributed by atoms with Gasteiger partial charge in [-0.3, -0.25) is 14.5 Å². The van der Waals surface area contributed by atoms with Gasteiger partial charge >= 0.3 is 0 Å². The first-order valence-electron chi connectivity index (χ1n) is 9.13. The van der Waals surface area contributed by atoms with Gasteiger partial charge in [-0.1, -0.05) is 0 Å². The first-order valence-corrected chi connectivity index (χ1v) is 9.13. The summed E-state index contributed by atoms with van der Waals surface area (Å²) in [6.07, 6.45) is 1.65. The summed E-state index contributed by atoms with van der Waals surface area (Å²) in [7, 11) is 1.63. The molecule has 7 heteroatoms. The Morgan fingerprint density at radius 3 is 2.35 bits per heavy atom. The third-order valence-electron chi connectivity index (χ3n) is 5.26. The molecule has 3 rings (SSSR count). The highest BCUT2D eigenvalue weighted by Crippen LogP contribution is 2.24. The van der Waals surface area contributed by atoms with Gasteiger partial charge in [0, 0.05) is 37.7 Å². The minimum Gasteiger partial charge on any atom is -0.491 e. The van der Waals surface area contributed by atoms with Crippen LogP contribution in [0.15, 0.2) is 24.3 Å². The van der Waals surface area contributed by atoms with Crippen molar-refractivity contribution in [1.29, 1.82) is 0 Å². The Hall–Kier alpha value is -2.12. The number of carbonyl (C=O) groups is 2. The molecule has 0 atom stereocenters. The summed E-state index contributed by atoms with van der Waals surface area (Å²) in [5.41, 5.74) is 6.06. The van der Waals surface area contributed by atoms with Gasteiger partial charge < -0.3 is 20.1 Å². The highest BCUT2D eigenvalue weighted by atomic mass is 16.5. The van der Waals surface area contributed by atoms with Crippen LogP contribution in [0.4, 0.5) is 0 Å². The number of ether oxygens (including phenoxy) is 2. The molecule has 2 heterocycles. The van der Waals surface area contributed by atoms with Gasteiger partial charge in [0.2, 0.25) is 5.91 Å². The molecule has 0 spiro atoms. The van der Waals surface area contributed by atoms with E-state index < -0.39 is 0 Å². The van der Waals surface area contributed by atoms with E-state index in [0.717, 1.165) is 44.8 Å². The summed E-state index contributed by atoms with van der Waals surface area (Å²) in [5, 5.41) is 0. The van der Waals surface area contributed by atoms with Crippen molar-refractivity contribution < 1.29 is 19.1 Å². The maximum atomic E-state index is 12.6. The van der Waals surface area contributed by atoms with Crippen molar-refractivity contribution in [2.24, 2.45) is 11.7 Å². The van der Waals surface area contributed by atoms with Gasteiger partial charge in [-0.2, -0.15) is 0 Å². The maximum absolute atomic E-state index is 12.6.